The van der Waals surface area contributed by atoms with Gasteiger partial charge in [-0.25, -0.2) is 4.98 Å². The second-order valence-corrected chi connectivity index (χ2v) is 5.07. The molecule has 0 saturated heterocycles. The van der Waals surface area contributed by atoms with Crippen molar-refractivity contribution in [3.05, 3.63) is 52.7 Å². The molecule has 5 heteroatoms. The molecule has 0 spiro atoms. The van der Waals surface area contributed by atoms with E-state index < -0.39 is 0 Å². The number of nitrogens with one attached hydrogen (secondary N) is 1. The molecule has 2 amide bonds. The molecule has 5 nitrogen and oxygen atoms in total. The van der Waals surface area contributed by atoms with Gasteiger partial charge in [-0.1, -0.05) is 18.2 Å². The van der Waals surface area contributed by atoms with Gasteiger partial charge in [0, 0.05) is 18.4 Å². The van der Waals surface area contributed by atoms with E-state index in [1.54, 1.807) is 0 Å². The Labute approximate surface area is 122 Å². The summed E-state index contributed by atoms with van der Waals surface area (Å²) in [7, 11) is 1.84. The van der Waals surface area contributed by atoms with E-state index in [-0.39, 0.29) is 11.8 Å². The Morgan fingerprint density at radius 3 is 2.29 bits per heavy atom. The van der Waals surface area contributed by atoms with Gasteiger partial charge in [-0.15, -0.1) is 0 Å². The normalized spacial score (nSPS) is 13.1. The van der Waals surface area contributed by atoms with Crippen LogP contribution in [0.1, 0.15) is 32.0 Å². The zero-order valence-electron chi connectivity index (χ0n) is 12.1. The van der Waals surface area contributed by atoms with Gasteiger partial charge in [-0.3, -0.25) is 14.9 Å². The fraction of sp³-hybridized carbons (Fsp3) is 0.188. The SMILES string of the molecule is Cc1nc(N(C)c2ccccc2)c2c(c1C)C(=O)NC2=O. The molecule has 0 bridgehead atoms. The largest absolute Gasteiger partial charge is 0.329 e. The summed E-state index contributed by atoms with van der Waals surface area (Å²) in [6, 6.07) is 9.61. The number of para-hydroxylation sites is 1. The van der Waals surface area contributed by atoms with E-state index in [1.807, 2.05) is 56.1 Å². The van der Waals surface area contributed by atoms with E-state index in [1.165, 1.54) is 0 Å². The Bertz CT molecular complexity index is 754. The zero-order chi connectivity index (χ0) is 15.1. The van der Waals surface area contributed by atoms with Crippen molar-refractivity contribution in [3.63, 3.8) is 0 Å². The van der Waals surface area contributed by atoms with Crippen molar-refractivity contribution in [2.24, 2.45) is 0 Å². The average molecular weight is 281 g/mol. The molecule has 1 aromatic carbocycles. The number of aromatic nitrogens is 1. The molecule has 1 aromatic heterocycles. The predicted molar refractivity (Wildman–Crippen MR) is 80.0 cm³/mol. The van der Waals surface area contributed by atoms with Crippen LogP contribution in [0.25, 0.3) is 0 Å². The van der Waals surface area contributed by atoms with E-state index in [0.29, 0.717) is 16.9 Å². The van der Waals surface area contributed by atoms with Gasteiger partial charge in [0.25, 0.3) is 11.8 Å². The molecular weight excluding hydrogens is 266 g/mol. The second-order valence-electron chi connectivity index (χ2n) is 5.07. The lowest BCUT2D eigenvalue weighted by molar-refractivity contribution is 0.0879. The maximum absolute atomic E-state index is 12.1. The summed E-state index contributed by atoms with van der Waals surface area (Å²) in [6.45, 7) is 3.65. The summed E-state index contributed by atoms with van der Waals surface area (Å²) in [6.07, 6.45) is 0. The van der Waals surface area contributed by atoms with Crippen molar-refractivity contribution in [3.8, 4) is 0 Å². The first-order valence-corrected chi connectivity index (χ1v) is 6.66. The van der Waals surface area contributed by atoms with Gasteiger partial charge < -0.3 is 4.90 Å². The number of carbonyl (C=O) groups excluding carboxylic acids is 2. The van der Waals surface area contributed by atoms with Crippen molar-refractivity contribution >= 4 is 23.3 Å². The van der Waals surface area contributed by atoms with Crippen LogP contribution in [-0.2, 0) is 0 Å². The summed E-state index contributed by atoms with van der Waals surface area (Å²) in [5.41, 5.74) is 3.19. The maximum atomic E-state index is 12.1. The number of hydrogen-bond donors (Lipinski definition) is 1. The molecule has 0 aliphatic carbocycles. The molecule has 1 aliphatic heterocycles. The van der Waals surface area contributed by atoms with Gasteiger partial charge in [-0.2, -0.15) is 0 Å². The number of anilines is 2. The molecule has 0 atom stereocenters. The Balaban J connectivity index is 2.23. The third kappa shape index (κ3) is 1.98. The van der Waals surface area contributed by atoms with Crippen LogP contribution < -0.4 is 10.2 Å². The molecule has 2 aromatic rings. The smallest absolute Gasteiger partial charge is 0.262 e. The minimum atomic E-state index is -0.386. The lowest BCUT2D eigenvalue weighted by Gasteiger charge is -2.21. The van der Waals surface area contributed by atoms with Crippen molar-refractivity contribution in [2.45, 2.75) is 13.8 Å². The Hall–Kier alpha value is -2.69. The highest BCUT2D eigenvalue weighted by atomic mass is 16.2. The van der Waals surface area contributed by atoms with Crippen LogP contribution in [0.2, 0.25) is 0 Å². The number of nitrogens with zero attached hydrogens (tertiary/aromatic N) is 2. The molecule has 0 radical (unpaired) electrons. The van der Waals surface area contributed by atoms with Crippen LogP contribution in [0, 0.1) is 13.8 Å². The lowest BCUT2D eigenvalue weighted by atomic mass is 10.0. The quantitative estimate of drug-likeness (QED) is 0.858. The third-order valence-electron chi connectivity index (χ3n) is 3.81. The highest BCUT2D eigenvalue weighted by Gasteiger charge is 2.34. The maximum Gasteiger partial charge on any atom is 0.262 e. The summed E-state index contributed by atoms with van der Waals surface area (Å²) in [4.78, 5) is 30.4. The zero-order valence-corrected chi connectivity index (χ0v) is 12.1. The molecular formula is C16H15N3O2. The number of amides is 2. The monoisotopic (exact) mass is 281 g/mol. The molecule has 0 unspecified atom stereocenters. The summed E-state index contributed by atoms with van der Waals surface area (Å²) >= 11 is 0. The van der Waals surface area contributed by atoms with Crippen LogP contribution in [0.15, 0.2) is 30.3 Å². The Kier molecular flexibility index (Phi) is 2.97. The minimum absolute atomic E-state index is 0.347. The molecule has 1 aliphatic rings. The van der Waals surface area contributed by atoms with Crippen LogP contribution in [0.3, 0.4) is 0 Å². The summed E-state index contributed by atoms with van der Waals surface area (Å²) in [5, 5.41) is 2.35. The van der Waals surface area contributed by atoms with Crippen LogP contribution in [-0.4, -0.2) is 23.8 Å². The Morgan fingerprint density at radius 1 is 1.00 bits per heavy atom. The van der Waals surface area contributed by atoms with E-state index in [4.69, 9.17) is 0 Å². The molecule has 106 valence electrons. The predicted octanol–water partition coefficient (Wildman–Crippen LogP) is 2.35. The molecule has 2 heterocycles. The fourth-order valence-electron chi connectivity index (χ4n) is 2.52. The number of fused-ring (bicyclic) bond motifs is 1. The fourth-order valence-corrected chi connectivity index (χ4v) is 2.52. The number of rotatable bonds is 2. The van der Waals surface area contributed by atoms with E-state index >= 15 is 0 Å². The van der Waals surface area contributed by atoms with Gasteiger partial charge >= 0.3 is 0 Å². The number of aryl methyl sites for hydroxylation is 1. The first-order chi connectivity index (χ1) is 10.0. The standard InChI is InChI=1S/C16H15N3O2/c1-9-10(2)17-14(13-12(9)15(20)18-16(13)21)19(3)11-7-5-4-6-8-11/h4-8H,1-3H3,(H,18,20,21). The number of benzene rings is 1. The molecule has 21 heavy (non-hydrogen) atoms. The van der Waals surface area contributed by atoms with E-state index in [9.17, 15) is 9.59 Å². The summed E-state index contributed by atoms with van der Waals surface area (Å²) in [5.74, 6) is -0.230. The first kappa shape index (κ1) is 13.3. The van der Waals surface area contributed by atoms with Crippen LogP contribution >= 0.6 is 0 Å². The number of imide groups is 1. The number of hydrogen-bond acceptors (Lipinski definition) is 4. The van der Waals surface area contributed by atoms with E-state index in [2.05, 4.69) is 10.3 Å². The third-order valence-corrected chi connectivity index (χ3v) is 3.81. The van der Waals surface area contributed by atoms with Crippen LogP contribution in [0.5, 0.6) is 0 Å². The van der Waals surface area contributed by atoms with Crippen molar-refractivity contribution < 1.29 is 9.59 Å². The minimum Gasteiger partial charge on any atom is -0.329 e. The van der Waals surface area contributed by atoms with Crippen LogP contribution in [0.4, 0.5) is 11.5 Å². The number of pyridine rings is 1. The average Bonchev–Trinajstić information content (AvgIpc) is 2.78. The molecule has 3 rings (SSSR count). The topological polar surface area (TPSA) is 62.3 Å². The Morgan fingerprint density at radius 2 is 1.62 bits per heavy atom. The van der Waals surface area contributed by atoms with E-state index in [0.717, 1.165) is 16.9 Å². The summed E-state index contributed by atoms with van der Waals surface area (Å²) < 4.78 is 0. The van der Waals surface area contributed by atoms with Crippen molar-refractivity contribution in [1.82, 2.24) is 10.3 Å². The lowest BCUT2D eigenvalue weighted by Crippen LogP contribution is -2.21. The van der Waals surface area contributed by atoms with Gasteiger partial charge in [-0.05, 0) is 31.5 Å². The molecule has 0 fully saturated rings. The van der Waals surface area contributed by atoms with Crippen molar-refractivity contribution in [1.29, 1.82) is 0 Å². The van der Waals surface area contributed by atoms with Gasteiger partial charge in [0.1, 0.15) is 5.82 Å². The molecule has 0 saturated carbocycles. The molecule has 1 N–H and O–H groups in total. The van der Waals surface area contributed by atoms with Gasteiger partial charge in [0.15, 0.2) is 0 Å². The number of carbonyl (C=O) groups is 2. The highest BCUT2D eigenvalue weighted by Crippen LogP contribution is 2.32. The van der Waals surface area contributed by atoms with Crippen molar-refractivity contribution in [2.75, 3.05) is 11.9 Å². The second kappa shape index (κ2) is 4.70. The van der Waals surface area contributed by atoms with Gasteiger partial charge in [0.05, 0.1) is 11.1 Å². The van der Waals surface area contributed by atoms with Gasteiger partial charge in [0.2, 0.25) is 0 Å². The highest BCUT2D eigenvalue weighted by molar-refractivity contribution is 6.24. The first-order valence-electron chi connectivity index (χ1n) is 6.66.